The minimum Gasteiger partial charge on any atom is -0.351 e. The third kappa shape index (κ3) is 10.3. The number of pyridine rings is 2. The Morgan fingerprint density at radius 2 is 1.05 bits per heavy atom. The van der Waals surface area contributed by atoms with Crippen LogP contribution in [0.3, 0.4) is 0 Å². The maximum absolute atomic E-state index is 13.1. The van der Waals surface area contributed by atoms with E-state index in [1.165, 1.54) is 14.7 Å². The van der Waals surface area contributed by atoms with Crippen molar-refractivity contribution in [2.24, 2.45) is 19.8 Å². The van der Waals surface area contributed by atoms with Crippen LogP contribution < -0.4 is 27.5 Å². The Balaban J connectivity index is 0.000000189. The summed E-state index contributed by atoms with van der Waals surface area (Å²) >= 11 is 25.3. The van der Waals surface area contributed by atoms with E-state index in [9.17, 15) is 9.59 Å². The van der Waals surface area contributed by atoms with Crippen LogP contribution in [0.4, 0.5) is 11.9 Å². The van der Waals surface area contributed by atoms with Crippen LogP contribution >= 0.6 is 46.4 Å². The normalized spacial score (nSPS) is 16.9. The molecule has 16 heteroatoms. The molecular weight excluding hydrogens is 878 g/mol. The SMILES string of the molecule is C.Cn1c(=O)c(-c2c(Cl)cccc2Cl)cc2cnc(NC3CCC(N)CC3)nc21.Cn1c(=O)c(-c2c(Cl)cccc2Cl)cc2cnc(NC3CCN(Cc4ccccc4)CC3)nc21. The summed E-state index contributed by atoms with van der Waals surface area (Å²) in [4.78, 5) is 46.8. The molecule has 0 unspecified atom stereocenters. The first-order valence-corrected chi connectivity index (χ1v) is 22.1. The standard InChI is InChI=1S/C26H25Cl2N5O.C20H21Cl2N5O.CH4/c1-32-24-18(14-20(25(32)34)23-21(27)8-5-9-22(23)28)15-29-26(31-24)30-19-10-12-33(13-11-19)16-17-6-3-2-4-7-17;1-27-18-11(9-14(19(27)28)17-15(21)3-2-4-16(17)22)10-24-20(26-18)25-13-7-5-12(23)6-8-13;/h2-9,14-15,19H,10-13,16H2,1H3,(H,29,30,31);2-4,9-10,12-13H,5-8,23H2,1H3,(H,24,25,26);1H4. The van der Waals surface area contributed by atoms with Gasteiger partial charge in [-0.2, -0.15) is 9.97 Å². The van der Waals surface area contributed by atoms with Gasteiger partial charge in [-0.15, -0.1) is 0 Å². The van der Waals surface area contributed by atoms with E-state index >= 15 is 0 Å². The first kappa shape index (κ1) is 45.9. The number of anilines is 2. The molecule has 2 fully saturated rings. The van der Waals surface area contributed by atoms with Crippen LogP contribution in [0, 0.1) is 0 Å². The molecule has 0 bridgehead atoms. The Hall–Kier alpha value is -5.08. The van der Waals surface area contributed by atoms with Crippen molar-refractivity contribution < 1.29 is 0 Å². The molecule has 1 aliphatic carbocycles. The topological polar surface area (TPSA) is 149 Å². The van der Waals surface area contributed by atoms with Crippen LogP contribution in [-0.2, 0) is 20.6 Å². The van der Waals surface area contributed by atoms with Gasteiger partial charge in [-0.1, -0.05) is 96.3 Å². The second kappa shape index (κ2) is 20.2. The van der Waals surface area contributed by atoms with E-state index in [1.807, 2.05) is 6.07 Å². The Labute approximate surface area is 386 Å². The summed E-state index contributed by atoms with van der Waals surface area (Å²) < 4.78 is 3.04. The van der Waals surface area contributed by atoms with Crippen LogP contribution in [0.2, 0.25) is 20.1 Å². The number of nitrogens with two attached hydrogens (primary N) is 1. The monoisotopic (exact) mass is 926 g/mol. The van der Waals surface area contributed by atoms with Crippen molar-refractivity contribution >= 4 is 80.4 Å². The summed E-state index contributed by atoms with van der Waals surface area (Å²) in [7, 11) is 3.40. The fourth-order valence-corrected chi connectivity index (χ4v) is 9.41. The highest BCUT2D eigenvalue weighted by atomic mass is 35.5. The zero-order valence-corrected chi connectivity index (χ0v) is 37.3. The number of piperidine rings is 1. The van der Waals surface area contributed by atoms with Gasteiger partial charge in [0.05, 0.1) is 31.2 Å². The zero-order valence-electron chi connectivity index (χ0n) is 34.3. The van der Waals surface area contributed by atoms with Gasteiger partial charge in [0.1, 0.15) is 11.3 Å². The van der Waals surface area contributed by atoms with Crippen LogP contribution in [0.25, 0.3) is 44.3 Å². The number of rotatable bonds is 8. The Morgan fingerprint density at radius 3 is 1.49 bits per heavy atom. The van der Waals surface area contributed by atoms with Crippen molar-refractivity contribution in [2.45, 2.75) is 70.6 Å². The lowest BCUT2D eigenvalue weighted by Crippen LogP contribution is -2.39. The smallest absolute Gasteiger partial charge is 0.259 e. The molecule has 0 amide bonds. The highest BCUT2D eigenvalue weighted by Gasteiger charge is 2.23. The number of aromatic nitrogens is 6. The van der Waals surface area contributed by atoms with Crippen molar-refractivity contribution in [3.05, 3.63) is 138 Å². The lowest BCUT2D eigenvalue weighted by Gasteiger charge is -2.32. The van der Waals surface area contributed by atoms with E-state index in [2.05, 4.69) is 59.7 Å². The molecule has 0 radical (unpaired) electrons. The van der Waals surface area contributed by atoms with Crippen molar-refractivity contribution in [3.8, 4) is 22.3 Å². The van der Waals surface area contributed by atoms with Gasteiger partial charge >= 0.3 is 0 Å². The highest BCUT2D eigenvalue weighted by Crippen LogP contribution is 2.35. The van der Waals surface area contributed by atoms with Crippen molar-refractivity contribution in [1.82, 2.24) is 34.0 Å². The predicted molar refractivity (Wildman–Crippen MR) is 259 cm³/mol. The molecule has 4 N–H and O–H groups in total. The van der Waals surface area contributed by atoms with Crippen LogP contribution in [0.15, 0.2) is 101 Å². The average molecular weight is 929 g/mol. The molecule has 3 aromatic carbocycles. The van der Waals surface area contributed by atoms with Crippen molar-refractivity contribution in [1.29, 1.82) is 0 Å². The molecular formula is C47H50Cl4N10O2. The van der Waals surface area contributed by atoms with Gasteiger partial charge < -0.3 is 16.4 Å². The van der Waals surface area contributed by atoms with Gasteiger partial charge in [-0.25, -0.2) is 9.97 Å². The van der Waals surface area contributed by atoms with Crippen molar-refractivity contribution in [3.63, 3.8) is 0 Å². The van der Waals surface area contributed by atoms with Gasteiger partial charge in [0, 0.05) is 86.1 Å². The number of hydrogen-bond acceptors (Lipinski definition) is 10. The molecule has 1 aliphatic heterocycles. The van der Waals surface area contributed by atoms with E-state index in [1.54, 1.807) is 75.0 Å². The fourth-order valence-electron chi connectivity index (χ4n) is 8.21. The average Bonchev–Trinajstić information content (AvgIpc) is 3.26. The maximum Gasteiger partial charge on any atom is 0.259 e. The summed E-state index contributed by atoms with van der Waals surface area (Å²) in [5.41, 5.74) is 9.92. The molecule has 63 heavy (non-hydrogen) atoms. The zero-order chi connectivity index (χ0) is 43.5. The van der Waals surface area contributed by atoms with E-state index in [0.717, 1.165) is 68.9 Å². The number of fused-ring (bicyclic) bond motifs is 2. The first-order valence-electron chi connectivity index (χ1n) is 20.6. The first-order chi connectivity index (χ1) is 29.9. The molecule has 2 aliphatic rings. The van der Waals surface area contributed by atoms with Gasteiger partial charge in [0.15, 0.2) is 0 Å². The lowest BCUT2D eigenvalue weighted by atomic mass is 9.92. The maximum atomic E-state index is 13.1. The second-order valence-corrected chi connectivity index (χ2v) is 17.5. The third-order valence-corrected chi connectivity index (χ3v) is 12.9. The van der Waals surface area contributed by atoms with Crippen molar-refractivity contribution in [2.75, 3.05) is 23.7 Å². The highest BCUT2D eigenvalue weighted by molar-refractivity contribution is 6.39. The quantitative estimate of drug-likeness (QED) is 0.135. The summed E-state index contributed by atoms with van der Waals surface area (Å²) in [6.07, 6.45) is 9.44. The number of aryl methyl sites for hydroxylation is 2. The Morgan fingerprint density at radius 1 is 0.619 bits per heavy atom. The van der Waals surface area contributed by atoms with Gasteiger partial charge in [-0.05, 0) is 80.5 Å². The summed E-state index contributed by atoms with van der Waals surface area (Å²) in [6, 6.07) is 25.3. The molecule has 5 heterocycles. The van der Waals surface area contributed by atoms with Crippen LogP contribution in [-0.4, -0.2) is 65.2 Å². The predicted octanol–water partition coefficient (Wildman–Crippen LogP) is 10.00. The Kier molecular flexibility index (Phi) is 14.7. The summed E-state index contributed by atoms with van der Waals surface area (Å²) in [5, 5.41) is 10.0. The van der Waals surface area contributed by atoms with Crippen LogP contribution in [0.1, 0.15) is 51.5 Å². The Bertz CT molecular complexity index is 2820. The molecule has 12 nitrogen and oxygen atoms in total. The van der Waals surface area contributed by atoms with E-state index in [0.29, 0.717) is 77.6 Å². The van der Waals surface area contributed by atoms with Gasteiger partial charge in [0.25, 0.3) is 11.1 Å². The lowest BCUT2D eigenvalue weighted by molar-refractivity contribution is 0.211. The van der Waals surface area contributed by atoms with Crippen LogP contribution in [0.5, 0.6) is 0 Å². The van der Waals surface area contributed by atoms with E-state index in [-0.39, 0.29) is 24.6 Å². The molecule has 328 valence electrons. The largest absolute Gasteiger partial charge is 0.351 e. The minimum absolute atomic E-state index is 0. The third-order valence-electron chi connectivity index (χ3n) is 11.6. The molecule has 1 saturated heterocycles. The number of halogens is 4. The number of likely N-dealkylation sites (tertiary alicyclic amines) is 1. The molecule has 4 aromatic heterocycles. The second-order valence-electron chi connectivity index (χ2n) is 15.9. The molecule has 1 saturated carbocycles. The molecule has 7 aromatic rings. The molecule has 0 atom stereocenters. The summed E-state index contributed by atoms with van der Waals surface area (Å²) in [6.45, 7) is 3.00. The fraction of sp³-hybridized carbons (Fsp3) is 0.319. The van der Waals surface area contributed by atoms with Gasteiger partial charge in [0.2, 0.25) is 11.9 Å². The molecule has 0 spiro atoms. The summed E-state index contributed by atoms with van der Waals surface area (Å²) in [5.74, 6) is 1.05. The minimum atomic E-state index is -0.212. The molecule has 9 rings (SSSR count). The number of benzene rings is 3. The number of nitrogens with zero attached hydrogens (tertiary/aromatic N) is 7. The van der Waals surface area contributed by atoms with E-state index < -0.39 is 0 Å². The van der Waals surface area contributed by atoms with Gasteiger partial charge in [-0.3, -0.25) is 23.6 Å². The number of hydrogen-bond donors (Lipinski definition) is 3. The van der Waals surface area contributed by atoms with E-state index in [4.69, 9.17) is 52.1 Å². The number of nitrogens with one attached hydrogen (secondary N) is 2.